The highest BCUT2D eigenvalue weighted by molar-refractivity contribution is 4.58. The normalized spacial score (nSPS) is 14.5. The topological polar surface area (TPSA) is 21.3 Å². The molecule has 0 saturated heterocycles. The Bertz CT molecular complexity index is 127. The number of hydrogen-bond acceptors (Lipinski definition) is 2. The van der Waals surface area contributed by atoms with Gasteiger partial charge in [-0.15, -0.1) is 13.2 Å². The van der Waals surface area contributed by atoms with Gasteiger partial charge in [-0.05, 0) is 13.3 Å². The number of nitrogens with one attached hydrogen (secondary N) is 1. The van der Waals surface area contributed by atoms with Gasteiger partial charge in [-0.2, -0.15) is 0 Å². The van der Waals surface area contributed by atoms with Crippen molar-refractivity contribution in [1.82, 2.24) is 5.32 Å². The van der Waals surface area contributed by atoms with E-state index in [0.29, 0.717) is 0 Å². The molecule has 0 fully saturated rings. The lowest BCUT2D eigenvalue weighted by Gasteiger charge is -2.13. The second kappa shape index (κ2) is 6.21. The zero-order chi connectivity index (χ0) is 10.3. The third-order valence-corrected chi connectivity index (χ3v) is 1.58. The average molecular weight is 199 g/mol. The fraction of sp³-hybridized carbons (Fsp3) is 1.00. The van der Waals surface area contributed by atoms with E-state index in [0.717, 1.165) is 12.8 Å². The Hall–Kier alpha value is -0.290. The van der Waals surface area contributed by atoms with Crippen molar-refractivity contribution >= 4 is 0 Å². The molecular formula is C8H16F3NO. The summed E-state index contributed by atoms with van der Waals surface area (Å²) in [6.07, 6.45) is -2.52. The molecule has 0 aromatic heterocycles. The van der Waals surface area contributed by atoms with E-state index >= 15 is 0 Å². The molecule has 13 heavy (non-hydrogen) atoms. The maximum Gasteiger partial charge on any atom is 0.522 e. The van der Waals surface area contributed by atoms with Crippen LogP contribution >= 0.6 is 0 Å². The van der Waals surface area contributed by atoms with Crippen LogP contribution in [0.5, 0.6) is 0 Å². The number of halogens is 3. The van der Waals surface area contributed by atoms with Gasteiger partial charge in [-0.1, -0.05) is 13.3 Å². The van der Waals surface area contributed by atoms with Crippen LogP contribution in [-0.4, -0.2) is 25.6 Å². The smallest absolute Gasteiger partial charge is 0.312 e. The first-order valence-electron chi connectivity index (χ1n) is 4.39. The highest BCUT2D eigenvalue weighted by Gasteiger charge is 2.28. The molecule has 0 aliphatic rings. The van der Waals surface area contributed by atoms with Crippen LogP contribution in [-0.2, 0) is 4.74 Å². The van der Waals surface area contributed by atoms with Gasteiger partial charge < -0.3 is 5.32 Å². The monoisotopic (exact) mass is 199 g/mol. The number of alkyl halides is 3. The molecule has 2 nitrogen and oxygen atoms in total. The summed E-state index contributed by atoms with van der Waals surface area (Å²) in [7, 11) is 0. The van der Waals surface area contributed by atoms with E-state index < -0.39 is 6.36 Å². The van der Waals surface area contributed by atoms with Crippen molar-refractivity contribution in [2.45, 2.75) is 39.1 Å². The molecule has 1 atom stereocenters. The van der Waals surface area contributed by atoms with Crippen LogP contribution in [0.15, 0.2) is 0 Å². The van der Waals surface area contributed by atoms with Gasteiger partial charge in [0.15, 0.2) is 0 Å². The first-order chi connectivity index (χ1) is 5.95. The Morgan fingerprint density at radius 1 is 1.38 bits per heavy atom. The first-order valence-corrected chi connectivity index (χ1v) is 4.39. The van der Waals surface area contributed by atoms with Crippen molar-refractivity contribution in [2.24, 2.45) is 0 Å². The predicted octanol–water partition coefficient (Wildman–Crippen LogP) is 2.30. The molecule has 0 bridgehead atoms. The predicted molar refractivity (Wildman–Crippen MR) is 44.4 cm³/mol. The van der Waals surface area contributed by atoms with Crippen molar-refractivity contribution in [2.75, 3.05) is 13.2 Å². The molecule has 0 spiro atoms. The summed E-state index contributed by atoms with van der Waals surface area (Å²) < 4.78 is 38.0. The number of hydrogen-bond donors (Lipinski definition) is 1. The van der Waals surface area contributed by atoms with Gasteiger partial charge in [0.2, 0.25) is 0 Å². The Morgan fingerprint density at radius 2 is 2.00 bits per heavy atom. The lowest BCUT2D eigenvalue weighted by atomic mass is 10.2. The van der Waals surface area contributed by atoms with Gasteiger partial charge in [0.05, 0.1) is 6.61 Å². The molecule has 0 heterocycles. The maximum absolute atomic E-state index is 11.5. The summed E-state index contributed by atoms with van der Waals surface area (Å²) in [6.45, 7) is 3.89. The minimum Gasteiger partial charge on any atom is -0.312 e. The SMILES string of the molecule is CCCC(C)NCCOC(F)(F)F. The Kier molecular flexibility index (Phi) is 6.07. The molecule has 5 heteroatoms. The summed E-state index contributed by atoms with van der Waals surface area (Å²) in [6, 6.07) is 0.252. The lowest BCUT2D eigenvalue weighted by molar-refractivity contribution is -0.323. The van der Waals surface area contributed by atoms with Crippen LogP contribution in [0.25, 0.3) is 0 Å². The summed E-state index contributed by atoms with van der Waals surface area (Å²) in [5, 5.41) is 2.93. The van der Waals surface area contributed by atoms with Crippen LogP contribution in [0.3, 0.4) is 0 Å². The Balaban J connectivity index is 3.25. The van der Waals surface area contributed by atoms with Crippen molar-refractivity contribution in [3.05, 3.63) is 0 Å². The first kappa shape index (κ1) is 12.7. The van der Waals surface area contributed by atoms with Crippen molar-refractivity contribution in [1.29, 1.82) is 0 Å². The number of ether oxygens (including phenoxy) is 1. The van der Waals surface area contributed by atoms with E-state index in [9.17, 15) is 13.2 Å². The minimum absolute atomic E-state index is 0.237. The van der Waals surface area contributed by atoms with Crippen LogP contribution < -0.4 is 5.32 Å². The third kappa shape index (κ3) is 9.63. The molecule has 0 radical (unpaired) electrons. The molecule has 1 N–H and O–H groups in total. The van der Waals surface area contributed by atoms with Crippen LogP contribution in [0.1, 0.15) is 26.7 Å². The molecule has 0 saturated carbocycles. The van der Waals surface area contributed by atoms with Crippen molar-refractivity contribution in [3.63, 3.8) is 0 Å². The molecule has 0 aromatic rings. The lowest BCUT2D eigenvalue weighted by Crippen LogP contribution is -2.31. The van der Waals surface area contributed by atoms with E-state index in [-0.39, 0.29) is 19.2 Å². The van der Waals surface area contributed by atoms with Gasteiger partial charge >= 0.3 is 6.36 Å². The number of rotatable bonds is 6. The van der Waals surface area contributed by atoms with Gasteiger partial charge in [0.1, 0.15) is 0 Å². The van der Waals surface area contributed by atoms with Gasteiger partial charge in [0, 0.05) is 12.6 Å². The standard InChI is InChI=1S/C8H16F3NO/c1-3-4-7(2)12-5-6-13-8(9,10)11/h7,12H,3-6H2,1-2H3. The summed E-state index contributed by atoms with van der Waals surface area (Å²) >= 11 is 0. The highest BCUT2D eigenvalue weighted by atomic mass is 19.4. The van der Waals surface area contributed by atoms with E-state index in [1.807, 2.05) is 13.8 Å². The molecule has 0 rings (SSSR count). The molecule has 80 valence electrons. The van der Waals surface area contributed by atoms with Crippen LogP contribution in [0.2, 0.25) is 0 Å². The van der Waals surface area contributed by atoms with E-state index in [1.165, 1.54) is 0 Å². The molecule has 0 aliphatic heterocycles. The van der Waals surface area contributed by atoms with Gasteiger partial charge in [-0.25, -0.2) is 0 Å². The second-order valence-corrected chi connectivity index (χ2v) is 2.94. The summed E-state index contributed by atoms with van der Waals surface area (Å²) in [5.41, 5.74) is 0. The minimum atomic E-state index is -4.50. The van der Waals surface area contributed by atoms with E-state index in [1.54, 1.807) is 0 Å². The zero-order valence-corrected chi connectivity index (χ0v) is 7.95. The second-order valence-electron chi connectivity index (χ2n) is 2.94. The fourth-order valence-corrected chi connectivity index (χ4v) is 1.01. The molecule has 0 amide bonds. The maximum atomic E-state index is 11.5. The van der Waals surface area contributed by atoms with Gasteiger partial charge in [-0.3, -0.25) is 4.74 Å². The fourth-order valence-electron chi connectivity index (χ4n) is 1.01. The highest BCUT2D eigenvalue weighted by Crippen LogP contribution is 2.15. The Morgan fingerprint density at radius 3 is 2.46 bits per heavy atom. The molecule has 1 unspecified atom stereocenters. The zero-order valence-electron chi connectivity index (χ0n) is 7.95. The summed E-state index contributed by atoms with van der Waals surface area (Å²) in [5.74, 6) is 0. The van der Waals surface area contributed by atoms with E-state index in [2.05, 4.69) is 10.1 Å². The third-order valence-electron chi connectivity index (χ3n) is 1.58. The quantitative estimate of drug-likeness (QED) is 0.663. The molecule has 0 aliphatic carbocycles. The van der Waals surface area contributed by atoms with Crippen LogP contribution in [0.4, 0.5) is 13.2 Å². The molecule has 0 aromatic carbocycles. The summed E-state index contributed by atoms with van der Waals surface area (Å²) in [4.78, 5) is 0. The Labute approximate surface area is 76.5 Å². The van der Waals surface area contributed by atoms with Crippen LogP contribution in [0, 0.1) is 0 Å². The van der Waals surface area contributed by atoms with E-state index in [4.69, 9.17) is 0 Å². The average Bonchev–Trinajstić information content (AvgIpc) is 1.97. The van der Waals surface area contributed by atoms with Gasteiger partial charge in [0.25, 0.3) is 0 Å². The van der Waals surface area contributed by atoms with Crippen molar-refractivity contribution < 1.29 is 17.9 Å². The largest absolute Gasteiger partial charge is 0.522 e. The molecular weight excluding hydrogens is 183 g/mol. The van der Waals surface area contributed by atoms with Crippen molar-refractivity contribution in [3.8, 4) is 0 Å².